The third-order valence-corrected chi connectivity index (χ3v) is 3.62. The number of halogens is 1. The Labute approximate surface area is 134 Å². The minimum atomic E-state index is -0.962. The highest BCUT2D eigenvalue weighted by molar-refractivity contribution is 7.80. The van der Waals surface area contributed by atoms with Crippen molar-refractivity contribution in [2.45, 2.75) is 25.3 Å². The van der Waals surface area contributed by atoms with Crippen molar-refractivity contribution in [3.05, 3.63) is 51.9 Å². The number of aryl methyl sites for hydroxylation is 2. The highest BCUT2D eigenvalue weighted by Gasteiger charge is 2.06. The standard InChI is InChI=1S/C8H9ClS.C7H9NO3/c1-5-4-8(10)6(2)3-7(5)9;1-8-3-6-2-5(4-11-6)7(9)10/h3-4,10H,1-2H3;2,4,8H,3H2,1H3,(H,9,10). The molecule has 0 aliphatic rings. The van der Waals surface area contributed by atoms with E-state index in [1.165, 1.54) is 12.3 Å². The number of furan rings is 1. The molecule has 1 aromatic heterocycles. The molecule has 0 amide bonds. The quantitative estimate of drug-likeness (QED) is 0.747. The Morgan fingerprint density at radius 1 is 1.33 bits per heavy atom. The molecule has 6 heteroatoms. The van der Waals surface area contributed by atoms with Crippen LogP contribution in [-0.4, -0.2) is 18.1 Å². The van der Waals surface area contributed by atoms with Crippen molar-refractivity contribution in [3.8, 4) is 0 Å². The molecule has 0 unspecified atom stereocenters. The van der Waals surface area contributed by atoms with Gasteiger partial charge in [0.25, 0.3) is 0 Å². The molecule has 1 heterocycles. The van der Waals surface area contributed by atoms with Crippen LogP contribution in [0.15, 0.2) is 33.8 Å². The molecule has 2 rings (SSSR count). The van der Waals surface area contributed by atoms with E-state index >= 15 is 0 Å². The van der Waals surface area contributed by atoms with Crippen LogP contribution < -0.4 is 5.32 Å². The van der Waals surface area contributed by atoms with Gasteiger partial charge >= 0.3 is 5.97 Å². The molecule has 114 valence electrons. The van der Waals surface area contributed by atoms with Gasteiger partial charge < -0.3 is 14.8 Å². The summed E-state index contributed by atoms with van der Waals surface area (Å²) in [5, 5.41) is 12.2. The molecule has 21 heavy (non-hydrogen) atoms. The van der Waals surface area contributed by atoms with Gasteiger partial charge in [-0.05, 0) is 50.2 Å². The molecule has 4 nitrogen and oxygen atoms in total. The van der Waals surface area contributed by atoms with E-state index in [9.17, 15) is 4.79 Å². The third kappa shape index (κ3) is 5.46. The van der Waals surface area contributed by atoms with E-state index in [2.05, 4.69) is 17.9 Å². The second-order valence-electron chi connectivity index (χ2n) is 4.53. The molecule has 0 radical (unpaired) electrons. The van der Waals surface area contributed by atoms with E-state index in [0.717, 1.165) is 21.0 Å². The summed E-state index contributed by atoms with van der Waals surface area (Å²) in [4.78, 5) is 11.3. The SMILES string of the molecule is CNCc1cc(C(=O)O)co1.Cc1cc(Cl)c(C)cc1S. The van der Waals surface area contributed by atoms with Crippen LogP contribution >= 0.6 is 24.2 Å². The Bertz CT molecular complexity index is 575. The number of rotatable bonds is 3. The Morgan fingerprint density at radius 3 is 2.48 bits per heavy atom. The fourth-order valence-electron chi connectivity index (χ4n) is 1.53. The van der Waals surface area contributed by atoms with Crippen molar-refractivity contribution in [3.63, 3.8) is 0 Å². The minimum absolute atomic E-state index is 0.190. The number of nitrogens with one attached hydrogen (secondary N) is 1. The highest BCUT2D eigenvalue weighted by Crippen LogP contribution is 2.22. The summed E-state index contributed by atoms with van der Waals surface area (Å²) in [6.45, 7) is 4.52. The largest absolute Gasteiger partial charge is 0.478 e. The van der Waals surface area contributed by atoms with Gasteiger partial charge in [-0.25, -0.2) is 4.79 Å². The number of hydrogen-bond acceptors (Lipinski definition) is 4. The molecule has 0 aliphatic heterocycles. The van der Waals surface area contributed by atoms with Crippen molar-refractivity contribution in [1.29, 1.82) is 0 Å². The first-order valence-corrected chi connectivity index (χ1v) is 7.08. The molecule has 0 atom stereocenters. The first kappa shape index (κ1) is 17.6. The molecular weight excluding hydrogens is 310 g/mol. The number of hydrogen-bond donors (Lipinski definition) is 3. The van der Waals surface area contributed by atoms with Crippen LogP contribution in [0.2, 0.25) is 5.02 Å². The molecule has 1 aromatic carbocycles. The van der Waals surface area contributed by atoms with Gasteiger partial charge in [0.2, 0.25) is 0 Å². The number of aromatic carboxylic acids is 1. The van der Waals surface area contributed by atoms with Gasteiger partial charge in [-0.3, -0.25) is 0 Å². The molecule has 2 N–H and O–H groups in total. The summed E-state index contributed by atoms with van der Waals surface area (Å²) in [5.41, 5.74) is 2.39. The maximum Gasteiger partial charge on any atom is 0.338 e. The lowest BCUT2D eigenvalue weighted by molar-refractivity contribution is 0.0696. The van der Waals surface area contributed by atoms with Gasteiger partial charge in [-0.1, -0.05) is 11.6 Å². The van der Waals surface area contributed by atoms with E-state index in [1.807, 2.05) is 26.0 Å². The van der Waals surface area contributed by atoms with Crippen LogP contribution in [0.4, 0.5) is 0 Å². The van der Waals surface area contributed by atoms with Gasteiger partial charge in [0.1, 0.15) is 12.0 Å². The van der Waals surface area contributed by atoms with Gasteiger partial charge in [-0.2, -0.15) is 0 Å². The molecule has 2 aromatic rings. The average molecular weight is 328 g/mol. The van der Waals surface area contributed by atoms with Crippen LogP contribution in [0, 0.1) is 13.8 Å². The van der Waals surface area contributed by atoms with E-state index in [1.54, 1.807) is 7.05 Å². The predicted octanol–water partition coefficient (Wildman–Crippen LogP) is 3.94. The molecular formula is C15H18ClNO3S. The minimum Gasteiger partial charge on any atom is -0.478 e. The first-order valence-electron chi connectivity index (χ1n) is 6.26. The van der Waals surface area contributed by atoms with Gasteiger partial charge in [0, 0.05) is 9.92 Å². The average Bonchev–Trinajstić information content (AvgIpc) is 2.87. The van der Waals surface area contributed by atoms with Gasteiger partial charge in [0.15, 0.2) is 0 Å². The van der Waals surface area contributed by atoms with Crippen LogP contribution in [0.3, 0.4) is 0 Å². The second-order valence-corrected chi connectivity index (χ2v) is 5.41. The van der Waals surface area contributed by atoms with Crippen LogP contribution in [0.1, 0.15) is 27.2 Å². The van der Waals surface area contributed by atoms with E-state index in [4.69, 9.17) is 21.1 Å². The Morgan fingerprint density at radius 2 is 2.00 bits per heavy atom. The van der Waals surface area contributed by atoms with Crippen LogP contribution in [0.25, 0.3) is 0 Å². The zero-order valence-corrected chi connectivity index (χ0v) is 13.8. The second kappa shape index (κ2) is 8.12. The zero-order chi connectivity index (χ0) is 16.0. The maximum atomic E-state index is 10.3. The summed E-state index contributed by atoms with van der Waals surface area (Å²) in [5.74, 6) is -0.332. The van der Waals surface area contributed by atoms with Crippen molar-refractivity contribution in [2.24, 2.45) is 0 Å². The summed E-state index contributed by atoms with van der Waals surface area (Å²) in [6, 6.07) is 5.40. The topological polar surface area (TPSA) is 62.5 Å². The van der Waals surface area contributed by atoms with E-state index in [-0.39, 0.29) is 5.56 Å². The molecule has 0 bridgehead atoms. The van der Waals surface area contributed by atoms with Crippen LogP contribution in [-0.2, 0) is 6.54 Å². The van der Waals surface area contributed by atoms with Crippen molar-refractivity contribution >= 4 is 30.2 Å². The van der Waals surface area contributed by atoms with Crippen LogP contribution in [0.5, 0.6) is 0 Å². The number of carboxylic acids is 1. The summed E-state index contributed by atoms with van der Waals surface area (Å²) in [7, 11) is 1.77. The van der Waals surface area contributed by atoms with Crippen molar-refractivity contribution < 1.29 is 14.3 Å². The van der Waals surface area contributed by atoms with Crippen molar-refractivity contribution in [1.82, 2.24) is 5.32 Å². The highest BCUT2D eigenvalue weighted by atomic mass is 35.5. The molecule has 0 spiro atoms. The zero-order valence-electron chi connectivity index (χ0n) is 12.1. The van der Waals surface area contributed by atoms with E-state index in [0.29, 0.717) is 12.3 Å². The first-order chi connectivity index (χ1) is 9.85. The fourth-order valence-corrected chi connectivity index (χ4v) is 2.00. The summed E-state index contributed by atoms with van der Waals surface area (Å²) in [6.07, 6.45) is 1.23. The summed E-state index contributed by atoms with van der Waals surface area (Å²) >= 11 is 10.1. The molecule has 0 fully saturated rings. The number of thiol groups is 1. The Kier molecular flexibility index (Phi) is 6.81. The van der Waals surface area contributed by atoms with Gasteiger partial charge in [-0.15, -0.1) is 12.6 Å². The number of carboxylic acid groups (broad SMARTS) is 1. The third-order valence-electron chi connectivity index (χ3n) is 2.73. The monoisotopic (exact) mass is 327 g/mol. The molecule has 0 aliphatic carbocycles. The van der Waals surface area contributed by atoms with Gasteiger partial charge in [0.05, 0.1) is 12.1 Å². The molecule has 0 saturated heterocycles. The fraction of sp³-hybridized carbons (Fsp3) is 0.267. The maximum absolute atomic E-state index is 10.3. The lowest BCUT2D eigenvalue weighted by Crippen LogP contribution is -2.03. The van der Waals surface area contributed by atoms with Crippen molar-refractivity contribution in [2.75, 3.05) is 7.05 Å². The lowest BCUT2D eigenvalue weighted by atomic mass is 10.2. The Balaban J connectivity index is 0.000000211. The normalized spacial score (nSPS) is 9.95. The predicted molar refractivity (Wildman–Crippen MR) is 86.6 cm³/mol. The Hall–Kier alpha value is -1.43. The lowest BCUT2D eigenvalue weighted by Gasteiger charge is -2.01. The molecule has 0 saturated carbocycles. The smallest absolute Gasteiger partial charge is 0.338 e. The number of benzene rings is 1. The summed E-state index contributed by atoms with van der Waals surface area (Å²) < 4.78 is 4.92. The van der Waals surface area contributed by atoms with E-state index < -0.39 is 5.97 Å². The number of carbonyl (C=O) groups is 1.